The number of hydrogen-bond acceptors (Lipinski definition) is 2. The zero-order chi connectivity index (χ0) is 14.2. The van der Waals surface area contributed by atoms with Gasteiger partial charge in [-0.1, -0.05) is 31.5 Å². The molecular weight excluding hydrogens is 252 g/mol. The van der Waals surface area contributed by atoms with Crippen LogP contribution in [0.2, 0.25) is 0 Å². The summed E-state index contributed by atoms with van der Waals surface area (Å²) in [6.07, 6.45) is 2.67. The van der Waals surface area contributed by atoms with E-state index in [1.165, 1.54) is 25.1 Å². The Morgan fingerprint density at radius 1 is 0.800 bits per heavy atom. The Kier molecular flexibility index (Phi) is 13.0. The summed E-state index contributed by atoms with van der Waals surface area (Å²) in [4.78, 5) is 0. The highest BCUT2D eigenvalue weighted by Gasteiger charge is 2.08. The highest BCUT2D eigenvalue weighted by Crippen LogP contribution is 2.14. The van der Waals surface area contributed by atoms with Gasteiger partial charge in [-0.25, -0.2) is 0 Å². The largest absolute Gasteiger partial charge is 0.870 e. The Labute approximate surface area is 125 Å². The summed E-state index contributed by atoms with van der Waals surface area (Å²) in [7, 11) is 13.2. The molecule has 0 saturated carbocycles. The van der Waals surface area contributed by atoms with Gasteiger partial charge in [-0.15, -0.1) is 0 Å². The van der Waals surface area contributed by atoms with E-state index in [1.54, 1.807) is 0 Å². The highest BCUT2D eigenvalue weighted by molar-refractivity contribution is 5.40. The van der Waals surface area contributed by atoms with E-state index in [1.807, 2.05) is 6.07 Å². The predicted molar refractivity (Wildman–Crippen MR) is 87.7 cm³/mol. The van der Waals surface area contributed by atoms with Crippen LogP contribution in [0.15, 0.2) is 30.3 Å². The fourth-order valence-electron chi connectivity index (χ4n) is 1.51. The van der Waals surface area contributed by atoms with Crippen LogP contribution in [0.4, 0.5) is 5.69 Å². The second kappa shape index (κ2) is 10.8. The fraction of sp³-hybridized carbons (Fsp3) is 0.625. The van der Waals surface area contributed by atoms with Gasteiger partial charge in [0.2, 0.25) is 0 Å². The SMILES string of the molecule is CCCC[N+](C)(C)C.C[N+](C)(C)c1ccccc1.[OH-].[OH-]. The standard InChI is InChI=1S/C9H14N.C7H18N.2H2O/c1-10(2,3)9-7-5-4-6-8-9;1-5-6-7-8(2,3)4;;/h4-8H,1-3H3;5-7H2,1-4H3;2*1H2/q2*+1;;/p-2. The molecule has 0 aliphatic rings. The van der Waals surface area contributed by atoms with Gasteiger partial charge in [0.25, 0.3) is 0 Å². The molecule has 4 nitrogen and oxygen atoms in total. The second-order valence-electron chi connectivity index (χ2n) is 6.72. The highest BCUT2D eigenvalue weighted by atomic mass is 16.0. The van der Waals surface area contributed by atoms with Crippen molar-refractivity contribution in [2.75, 3.05) is 48.8 Å². The quantitative estimate of drug-likeness (QED) is 0.799. The lowest BCUT2D eigenvalue weighted by Crippen LogP contribution is -2.35. The minimum atomic E-state index is 0. The molecule has 0 radical (unpaired) electrons. The number of benzene rings is 1. The third-order valence-electron chi connectivity index (χ3n) is 2.71. The Balaban J connectivity index is -0.000000269. The van der Waals surface area contributed by atoms with Gasteiger partial charge in [0.05, 0.1) is 48.8 Å². The average molecular weight is 286 g/mol. The van der Waals surface area contributed by atoms with E-state index in [0.717, 1.165) is 8.97 Å². The third-order valence-corrected chi connectivity index (χ3v) is 2.71. The molecule has 1 rings (SSSR count). The van der Waals surface area contributed by atoms with Crippen molar-refractivity contribution in [2.24, 2.45) is 0 Å². The van der Waals surface area contributed by atoms with Crippen molar-refractivity contribution < 1.29 is 15.4 Å². The molecule has 0 heterocycles. The van der Waals surface area contributed by atoms with Crippen LogP contribution in [-0.2, 0) is 0 Å². The van der Waals surface area contributed by atoms with Crippen LogP contribution < -0.4 is 4.48 Å². The second-order valence-corrected chi connectivity index (χ2v) is 6.72. The molecule has 0 spiro atoms. The topological polar surface area (TPSA) is 60.0 Å². The van der Waals surface area contributed by atoms with E-state index < -0.39 is 0 Å². The lowest BCUT2D eigenvalue weighted by molar-refractivity contribution is -0.870. The zero-order valence-corrected chi connectivity index (χ0v) is 14.3. The van der Waals surface area contributed by atoms with E-state index in [2.05, 4.69) is 73.5 Å². The molecule has 0 aliphatic carbocycles. The molecular formula is C16H34N2O2. The van der Waals surface area contributed by atoms with Crippen molar-refractivity contribution in [2.45, 2.75) is 19.8 Å². The Morgan fingerprint density at radius 3 is 1.45 bits per heavy atom. The molecule has 0 aromatic heterocycles. The first-order chi connectivity index (χ1) is 8.17. The molecule has 0 saturated heterocycles. The van der Waals surface area contributed by atoms with Gasteiger partial charge < -0.3 is 15.4 Å². The Bertz CT molecular complexity index is 313. The molecule has 4 heteroatoms. The summed E-state index contributed by atoms with van der Waals surface area (Å²) >= 11 is 0. The van der Waals surface area contributed by atoms with Crippen LogP contribution in [-0.4, -0.2) is 64.3 Å². The lowest BCUT2D eigenvalue weighted by atomic mass is 10.3. The van der Waals surface area contributed by atoms with Gasteiger partial charge in [-0.3, -0.25) is 4.48 Å². The summed E-state index contributed by atoms with van der Waals surface area (Å²) in [5.74, 6) is 0. The molecule has 0 fully saturated rings. The molecule has 1 aromatic carbocycles. The smallest absolute Gasteiger partial charge is 0.132 e. The normalized spacial score (nSPS) is 10.6. The Morgan fingerprint density at radius 2 is 1.25 bits per heavy atom. The van der Waals surface area contributed by atoms with Gasteiger partial charge >= 0.3 is 0 Å². The lowest BCUT2D eigenvalue weighted by Gasteiger charge is -2.23. The van der Waals surface area contributed by atoms with Crippen LogP contribution in [0, 0.1) is 0 Å². The fourth-order valence-corrected chi connectivity index (χ4v) is 1.51. The van der Waals surface area contributed by atoms with Crippen molar-refractivity contribution in [3.63, 3.8) is 0 Å². The zero-order valence-electron chi connectivity index (χ0n) is 14.3. The molecule has 20 heavy (non-hydrogen) atoms. The maximum atomic E-state index is 2.23. The van der Waals surface area contributed by atoms with E-state index in [4.69, 9.17) is 0 Å². The molecule has 0 amide bonds. The van der Waals surface area contributed by atoms with Gasteiger partial charge in [-0.05, 0) is 18.6 Å². The first-order valence-corrected chi connectivity index (χ1v) is 6.84. The molecule has 2 N–H and O–H groups in total. The molecule has 0 bridgehead atoms. The summed E-state index contributed by atoms with van der Waals surface area (Å²) in [5, 5.41) is 0. The van der Waals surface area contributed by atoms with Crippen molar-refractivity contribution in [1.82, 2.24) is 4.48 Å². The minimum Gasteiger partial charge on any atom is -0.870 e. The number of hydrogen-bond donors (Lipinski definition) is 0. The molecule has 0 unspecified atom stereocenters. The van der Waals surface area contributed by atoms with E-state index in [0.29, 0.717) is 0 Å². The summed E-state index contributed by atoms with van der Waals surface area (Å²) in [6, 6.07) is 10.5. The first kappa shape index (κ1) is 24.1. The molecule has 0 atom stereocenters. The van der Waals surface area contributed by atoms with Crippen LogP contribution in [0.5, 0.6) is 0 Å². The van der Waals surface area contributed by atoms with Crippen LogP contribution in [0.25, 0.3) is 0 Å². The first-order valence-electron chi connectivity index (χ1n) is 6.84. The van der Waals surface area contributed by atoms with Gasteiger partial charge in [-0.2, -0.15) is 0 Å². The van der Waals surface area contributed by atoms with Crippen LogP contribution in [0.3, 0.4) is 0 Å². The van der Waals surface area contributed by atoms with Gasteiger partial charge in [0.1, 0.15) is 5.69 Å². The summed E-state index contributed by atoms with van der Waals surface area (Å²) < 4.78 is 1.99. The van der Waals surface area contributed by atoms with Crippen molar-refractivity contribution >= 4 is 5.69 Å². The van der Waals surface area contributed by atoms with Crippen molar-refractivity contribution in [3.05, 3.63) is 30.3 Å². The van der Waals surface area contributed by atoms with Crippen LogP contribution in [0.1, 0.15) is 19.8 Å². The maximum Gasteiger partial charge on any atom is 0.132 e. The predicted octanol–water partition coefficient (Wildman–Crippen LogP) is 3.02. The third kappa shape index (κ3) is 13.5. The van der Waals surface area contributed by atoms with Gasteiger partial charge in [0, 0.05) is 0 Å². The van der Waals surface area contributed by atoms with Crippen molar-refractivity contribution in [1.29, 1.82) is 0 Å². The van der Waals surface area contributed by atoms with E-state index in [9.17, 15) is 0 Å². The minimum absolute atomic E-state index is 0. The summed E-state index contributed by atoms with van der Waals surface area (Å²) in [6.45, 7) is 3.53. The molecule has 1 aromatic rings. The number of rotatable bonds is 4. The maximum absolute atomic E-state index is 2.23. The number of quaternary nitrogens is 2. The number of para-hydroxylation sites is 1. The van der Waals surface area contributed by atoms with Crippen molar-refractivity contribution in [3.8, 4) is 0 Å². The van der Waals surface area contributed by atoms with Gasteiger partial charge in [0.15, 0.2) is 0 Å². The number of unbranched alkanes of at least 4 members (excludes halogenated alkanes) is 1. The number of nitrogens with zero attached hydrogens (tertiary/aromatic N) is 2. The van der Waals surface area contributed by atoms with Crippen LogP contribution >= 0.6 is 0 Å². The van der Waals surface area contributed by atoms with E-state index >= 15 is 0 Å². The monoisotopic (exact) mass is 286 g/mol. The van der Waals surface area contributed by atoms with E-state index in [-0.39, 0.29) is 11.0 Å². The summed E-state index contributed by atoms with van der Waals surface area (Å²) in [5.41, 5.74) is 1.34. The molecule has 0 aliphatic heterocycles. The average Bonchev–Trinajstić information content (AvgIpc) is 2.26. The molecule has 120 valence electrons. The Hall–Kier alpha value is -0.940.